The van der Waals surface area contributed by atoms with Gasteiger partial charge in [0.1, 0.15) is 11.3 Å². The summed E-state index contributed by atoms with van der Waals surface area (Å²) in [4.78, 5) is 17.0. The number of halogens is 2. The van der Waals surface area contributed by atoms with E-state index in [0.29, 0.717) is 17.1 Å². The van der Waals surface area contributed by atoms with E-state index in [-0.39, 0.29) is 11.3 Å². The molecule has 0 amide bonds. The van der Waals surface area contributed by atoms with Crippen LogP contribution >= 0.6 is 11.8 Å². The maximum Gasteiger partial charge on any atom is 0.313 e. The topological polar surface area (TPSA) is 66.0 Å². The Labute approximate surface area is 99.0 Å². The second-order valence-electron chi connectivity index (χ2n) is 3.33. The van der Waals surface area contributed by atoms with Gasteiger partial charge in [-0.2, -0.15) is 0 Å². The standard InChI is InChI=1S/C10H8F2N2O2S/c11-5-1-2-6-10(9(5)12)14-7(13-6)3-17-4-8(15)16/h1-2H,3-4H2,(H,13,14)(H,15,16). The smallest absolute Gasteiger partial charge is 0.313 e. The molecule has 0 unspecified atom stereocenters. The van der Waals surface area contributed by atoms with Crippen LogP contribution in [0.4, 0.5) is 8.78 Å². The van der Waals surface area contributed by atoms with E-state index in [0.717, 1.165) is 17.8 Å². The Morgan fingerprint density at radius 2 is 2.24 bits per heavy atom. The molecular weight excluding hydrogens is 250 g/mol. The fourth-order valence-corrected chi connectivity index (χ4v) is 1.98. The molecule has 4 nitrogen and oxygen atoms in total. The molecule has 0 saturated heterocycles. The number of rotatable bonds is 4. The minimum atomic E-state index is -0.992. The van der Waals surface area contributed by atoms with Crippen molar-refractivity contribution in [2.24, 2.45) is 0 Å². The monoisotopic (exact) mass is 258 g/mol. The van der Waals surface area contributed by atoms with Gasteiger partial charge in [-0.25, -0.2) is 13.8 Å². The second kappa shape index (κ2) is 4.70. The van der Waals surface area contributed by atoms with Crippen molar-refractivity contribution in [2.45, 2.75) is 5.75 Å². The maximum absolute atomic E-state index is 13.3. The van der Waals surface area contributed by atoms with Crippen molar-refractivity contribution < 1.29 is 18.7 Å². The number of carboxylic acid groups (broad SMARTS) is 1. The highest BCUT2D eigenvalue weighted by Crippen LogP contribution is 2.20. The first kappa shape index (κ1) is 11.8. The van der Waals surface area contributed by atoms with Gasteiger partial charge >= 0.3 is 5.97 Å². The van der Waals surface area contributed by atoms with Crippen molar-refractivity contribution in [2.75, 3.05) is 5.75 Å². The highest BCUT2D eigenvalue weighted by atomic mass is 32.2. The van der Waals surface area contributed by atoms with Crippen LogP contribution in [0.2, 0.25) is 0 Å². The number of hydrogen-bond acceptors (Lipinski definition) is 3. The molecule has 2 aromatic rings. The van der Waals surface area contributed by atoms with Crippen LogP contribution in [-0.2, 0) is 10.5 Å². The van der Waals surface area contributed by atoms with Crippen molar-refractivity contribution in [3.8, 4) is 0 Å². The summed E-state index contributed by atoms with van der Waals surface area (Å²) >= 11 is 1.13. The number of nitrogens with zero attached hydrogens (tertiary/aromatic N) is 1. The Hall–Kier alpha value is -1.63. The van der Waals surface area contributed by atoms with Gasteiger partial charge in [0, 0.05) is 0 Å². The van der Waals surface area contributed by atoms with E-state index in [1.165, 1.54) is 6.07 Å². The van der Waals surface area contributed by atoms with Crippen molar-refractivity contribution in [1.82, 2.24) is 9.97 Å². The average molecular weight is 258 g/mol. The van der Waals surface area contributed by atoms with E-state index in [4.69, 9.17) is 5.11 Å². The summed E-state index contributed by atoms with van der Waals surface area (Å²) in [6.07, 6.45) is 0. The molecule has 17 heavy (non-hydrogen) atoms. The van der Waals surface area contributed by atoms with Crippen LogP contribution in [0.1, 0.15) is 5.82 Å². The molecule has 0 atom stereocenters. The Kier molecular flexibility index (Phi) is 3.28. The van der Waals surface area contributed by atoms with Crippen molar-refractivity contribution in [3.63, 3.8) is 0 Å². The van der Waals surface area contributed by atoms with E-state index < -0.39 is 17.6 Å². The maximum atomic E-state index is 13.3. The Morgan fingerprint density at radius 1 is 1.47 bits per heavy atom. The largest absolute Gasteiger partial charge is 0.481 e. The zero-order valence-electron chi connectivity index (χ0n) is 8.54. The molecule has 0 spiro atoms. The number of H-pyrrole nitrogens is 1. The molecule has 2 rings (SSSR count). The minimum Gasteiger partial charge on any atom is -0.481 e. The molecular formula is C10H8F2N2O2S. The van der Waals surface area contributed by atoms with Crippen LogP contribution in [0.15, 0.2) is 12.1 Å². The Morgan fingerprint density at radius 3 is 2.94 bits per heavy atom. The molecule has 1 heterocycles. The summed E-state index contributed by atoms with van der Waals surface area (Å²) in [6, 6.07) is 2.41. The Bertz CT molecular complexity index is 571. The number of aromatic nitrogens is 2. The molecule has 90 valence electrons. The Balaban J connectivity index is 2.20. The van der Waals surface area contributed by atoms with Crippen molar-refractivity contribution in [3.05, 3.63) is 29.6 Å². The number of nitrogens with one attached hydrogen (secondary N) is 1. The lowest BCUT2D eigenvalue weighted by molar-refractivity contribution is -0.133. The molecule has 0 radical (unpaired) electrons. The summed E-state index contributed by atoms with van der Waals surface area (Å²) in [5.74, 6) is -2.20. The molecule has 0 aliphatic heterocycles. The first-order chi connectivity index (χ1) is 8.08. The second-order valence-corrected chi connectivity index (χ2v) is 4.31. The average Bonchev–Trinajstić information content (AvgIpc) is 2.67. The molecule has 1 aromatic carbocycles. The zero-order chi connectivity index (χ0) is 12.4. The van der Waals surface area contributed by atoms with Gasteiger partial charge in [-0.15, -0.1) is 11.8 Å². The molecule has 0 aliphatic rings. The predicted octanol–water partition coefficient (Wildman–Crippen LogP) is 2.16. The van der Waals surface area contributed by atoms with E-state index in [1.807, 2.05) is 0 Å². The van der Waals surface area contributed by atoms with Gasteiger partial charge in [0.05, 0.1) is 17.0 Å². The van der Waals surface area contributed by atoms with E-state index >= 15 is 0 Å². The van der Waals surface area contributed by atoms with Crippen LogP contribution in [0, 0.1) is 11.6 Å². The quantitative estimate of drug-likeness (QED) is 0.882. The van der Waals surface area contributed by atoms with Crippen LogP contribution in [-0.4, -0.2) is 26.8 Å². The number of hydrogen-bond donors (Lipinski definition) is 2. The van der Waals surface area contributed by atoms with E-state index in [9.17, 15) is 13.6 Å². The van der Waals surface area contributed by atoms with E-state index in [2.05, 4.69) is 9.97 Å². The SMILES string of the molecule is O=C(O)CSCc1nc2c(F)c(F)ccc2[nH]1. The summed E-state index contributed by atoms with van der Waals surface area (Å²) in [6.45, 7) is 0. The molecule has 2 N–H and O–H groups in total. The van der Waals surface area contributed by atoms with Crippen LogP contribution in [0.5, 0.6) is 0 Å². The minimum absolute atomic E-state index is 0.0593. The van der Waals surface area contributed by atoms with Gasteiger partial charge < -0.3 is 10.1 Å². The third-order valence-corrected chi connectivity index (χ3v) is 2.99. The van der Waals surface area contributed by atoms with Crippen LogP contribution in [0.25, 0.3) is 11.0 Å². The summed E-state index contributed by atoms with van der Waals surface area (Å²) < 4.78 is 26.2. The van der Waals surface area contributed by atoms with Crippen molar-refractivity contribution >= 4 is 28.8 Å². The fourth-order valence-electron chi connectivity index (χ4n) is 1.37. The lowest BCUT2D eigenvalue weighted by atomic mass is 10.3. The highest BCUT2D eigenvalue weighted by molar-refractivity contribution is 7.99. The number of carboxylic acids is 1. The number of aliphatic carboxylic acids is 1. The van der Waals surface area contributed by atoms with E-state index in [1.54, 1.807) is 0 Å². The fraction of sp³-hybridized carbons (Fsp3) is 0.200. The number of fused-ring (bicyclic) bond motifs is 1. The van der Waals surface area contributed by atoms with Gasteiger partial charge in [0.2, 0.25) is 0 Å². The lowest BCUT2D eigenvalue weighted by Gasteiger charge is -1.93. The van der Waals surface area contributed by atoms with Gasteiger partial charge in [0.25, 0.3) is 0 Å². The first-order valence-electron chi connectivity index (χ1n) is 4.70. The normalized spacial score (nSPS) is 10.9. The first-order valence-corrected chi connectivity index (χ1v) is 5.85. The summed E-state index contributed by atoms with van der Waals surface area (Å²) in [5, 5.41) is 8.45. The lowest BCUT2D eigenvalue weighted by Crippen LogP contribution is -1.98. The van der Waals surface area contributed by atoms with Gasteiger partial charge in [0.15, 0.2) is 11.6 Å². The van der Waals surface area contributed by atoms with Crippen LogP contribution < -0.4 is 0 Å². The molecule has 0 fully saturated rings. The number of carbonyl (C=O) groups is 1. The number of imidazole rings is 1. The molecule has 1 aromatic heterocycles. The number of aromatic amines is 1. The van der Waals surface area contributed by atoms with Crippen LogP contribution in [0.3, 0.4) is 0 Å². The molecule has 7 heteroatoms. The third-order valence-electron chi connectivity index (χ3n) is 2.06. The van der Waals surface area contributed by atoms with Crippen molar-refractivity contribution in [1.29, 1.82) is 0 Å². The molecule has 0 bridgehead atoms. The third kappa shape index (κ3) is 2.55. The predicted molar refractivity (Wildman–Crippen MR) is 59.8 cm³/mol. The molecule has 0 aliphatic carbocycles. The van der Waals surface area contributed by atoms with Gasteiger partial charge in [-0.3, -0.25) is 4.79 Å². The summed E-state index contributed by atoms with van der Waals surface area (Å²) in [7, 11) is 0. The number of thioether (sulfide) groups is 1. The zero-order valence-corrected chi connectivity index (χ0v) is 9.35. The summed E-state index contributed by atoms with van der Waals surface area (Å²) in [5.41, 5.74) is 0.339. The molecule has 0 saturated carbocycles. The number of benzene rings is 1. The van der Waals surface area contributed by atoms with Gasteiger partial charge in [-0.05, 0) is 12.1 Å². The van der Waals surface area contributed by atoms with Gasteiger partial charge in [-0.1, -0.05) is 0 Å². The highest BCUT2D eigenvalue weighted by Gasteiger charge is 2.11.